The number of benzene rings is 1. The average molecular weight is 449 g/mol. The van der Waals surface area contributed by atoms with E-state index in [2.05, 4.69) is 4.90 Å². The third kappa shape index (κ3) is 12.5. The molecule has 1 rings (SSSR count). The van der Waals surface area contributed by atoms with Crippen molar-refractivity contribution in [1.82, 2.24) is 4.90 Å². The minimum Gasteiger partial charge on any atom is -0.493 e. The van der Waals surface area contributed by atoms with Gasteiger partial charge in [0, 0.05) is 43.4 Å². The SMILES string of the molecule is COc1ccc(C=CC(=O)O)cc1OC.Cl.ClCCN(CCCl)CCCl. The lowest BCUT2D eigenvalue weighted by Crippen LogP contribution is -2.29. The van der Waals surface area contributed by atoms with Gasteiger partial charge >= 0.3 is 5.97 Å². The van der Waals surface area contributed by atoms with Gasteiger partial charge < -0.3 is 14.6 Å². The molecule has 1 aromatic rings. The predicted molar refractivity (Wildman–Crippen MR) is 112 cm³/mol. The normalized spacial score (nSPS) is 10.1. The zero-order valence-corrected chi connectivity index (χ0v) is 17.9. The van der Waals surface area contributed by atoms with E-state index in [0.717, 1.165) is 31.3 Å². The van der Waals surface area contributed by atoms with E-state index in [4.69, 9.17) is 49.4 Å². The first kappa shape index (κ1) is 27.4. The minimum atomic E-state index is -0.982. The number of methoxy groups -OCH3 is 2. The molecule has 5 nitrogen and oxygen atoms in total. The van der Waals surface area contributed by atoms with Crippen molar-refractivity contribution in [3.63, 3.8) is 0 Å². The lowest BCUT2D eigenvalue weighted by Gasteiger charge is -2.17. The molecule has 0 unspecified atom stereocenters. The van der Waals surface area contributed by atoms with Crippen LogP contribution in [0.5, 0.6) is 11.5 Å². The summed E-state index contributed by atoms with van der Waals surface area (Å²) in [5.41, 5.74) is 0.745. The van der Waals surface area contributed by atoms with E-state index in [1.165, 1.54) is 13.2 Å². The van der Waals surface area contributed by atoms with Crippen molar-refractivity contribution in [2.24, 2.45) is 0 Å². The van der Waals surface area contributed by atoms with Crippen molar-refractivity contribution in [3.05, 3.63) is 29.8 Å². The van der Waals surface area contributed by atoms with Gasteiger partial charge in [0.25, 0.3) is 0 Å². The van der Waals surface area contributed by atoms with Crippen molar-refractivity contribution < 1.29 is 19.4 Å². The van der Waals surface area contributed by atoms with Crippen LogP contribution in [-0.4, -0.2) is 67.5 Å². The van der Waals surface area contributed by atoms with Gasteiger partial charge in [0.1, 0.15) is 0 Å². The number of rotatable bonds is 10. The van der Waals surface area contributed by atoms with Gasteiger partial charge in [-0.15, -0.1) is 47.2 Å². The summed E-state index contributed by atoms with van der Waals surface area (Å²) in [5.74, 6) is 2.15. The molecule has 0 spiro atoms. The Morgan fingerprint density at radius 2 is 1.54 bits per heavy atom. The number of nitrogens with zero attached hydrogens (tertiary/aromatic N) is 1. The molecule has 0 aromatic heterocycles. The van der Waals surface area contributed by atoms with E-state index < -0.39 is 5.97 Å². The molecule has 0 aliphatic rings. The number of carboxylic acids is 1. The van der Waals surface area contributed by atoms with Crippen molar-refractivity contribution >= 4 is 59.3 Å². The fraction of sp³-hybridized carbons (Fsp3) is 0.471. The van der Waals surface area contributed by atoms with E-state index in [1.54, 1.807) is 25.3 Å². The van der Waals surface area contributed by atoms with Crippen molar-refractivity contribution in [1.29, 1.82) is 0 Å². The van der Waals surface area contributed by atoms with Crippen LogP contribution in [0.15, 0.2) is 24.3 Å². The molecule has 9 heteroatoms. The van der Waals surface area contributed by atoms with E-state index in [0.29, 0.717) is 29.1 Å². The Kier molecular flexibility index (Phi) is 18.5. The molecule has 26 heavy (non-hydrogen) atoms. The number of aliphatic carboxylic acids is 1. The van der Waals surface area contributed by atoms with Crippen LogP contribution >= 0.6 is 47.2 Å². The Morgan fingerprint density at radius 1 is 1.04 bits per heavy atom. The van der Waals surface area contributed by atoms with Gasteiger partial charge in [-0.25, -0.2) is 4.79 Å². The fourth-order valence-electron chi connectivity index (χ4n) is 1.82. The molecule has 0 radical (unpaired) electrons. The second-order valence-corrected chi connectivity index (χ2v) is 5.83. The fourth-order valence-corrected chi connectivity index (χ4v) is 2.54. The summed E-state index contributed by atoms with van der Waals surface area (Å²) in [7, 11) is 3.08. The van der Waals surface area contributed by atoms with E-state index in [-0.39, 0.29) is 12.4 Å². The van der Waals surface area contributed by atoms with Gasteiger partial charge in [-0.2, -0.15) is 0 Å². The molecule has 0 heterocycles. The molecule has 1 aromatic carbocycles. The second-order valence-electron chi connectivity index (χ2n) is 4.69. The summed E-state index contributed by atoms with van der Waals surface area (Å²) in [5, 5.41) is 8.46. The zero-order valence-electron chi connectivity index (χ0n) is 14.8. The average Bonchev–Trinajstić information content (AvgIpc) is 2.61. The van der Waals surface area contributed by atoms with Crippen LogP contribution in [0.4, 0.5) is 0 Å². The van der Waals surface area contributed by atoms with Crippen LogP contribution in [0.2, 0.25) is 0 Å². The highest BCUT2D eigenvalue weighted by atomic mass is 35.5. The molecular formula is C17H25Cl4NO4. The summed E-state index contributed by atoms with van der Waals surface area (Å²) in [6.45, 7) is 2.63. The molecule has 0 aliphatic heterocycles. The van der Waals surface area contributed by atoms with Crippen LogP contribution in [0.1, 0.15) is 5.56 Å². The van der Waals surface area contributed by atoms with Gasteiger partial charge in [0.05, 0.1) is 14.2 Å². The monoisotopic (exact) mass is 447 g/mol. The van der Waals surface area contributed by atoms with Crippen LogP contribution in [0.25, 0.3) is 6.08 Å². The van der Waals surface area contributed by atoms with Gasteiger partial charge in [-0.05, 0) is 23.8 Å². The van der Waals surface area contributed by atoms with E-state index in [9.17, 15) is 4.79 Å². The van der Waals surface area contributed by atoms with Crippen LogP contribution in [0, 0.1) is 0 Å². The number of hydrogen-bond acceptors (Lipinski definition) is 4. The highest BCUT2D eigenvalue weighted by molar-refractivity contribution is 6.18. The molecule has 150 valence electrons. The lowest BCUT2D eigenvalue weighted by molar-refractivity contribution is -0.131. The van der Waals surface area contributed by atoms with Gasteiger partial charge in [-0.1, -0.05) is 6.07 Å². The summed E-state index contributed by atoms with van der Waals surface area (Å²) >= 11 is 16.6. The maximum absolute atomic E-state index is 10.3. The summed E-state index contributed by atoms with van der Waals surface area (Å²) in [6, 6.07) is 5.18. The maximum Gasteiger partial charge on any atom is 0.328 e. The first-order valence-electron chi connectivity index (χ1n) is 7.55. The summed E-state index contributed by atoms with van der Waals surface area (Å²) in [6.07, 6.45) is 2.56. The number of carboxylic acid groups (broad SMARTS) is 1. The minimum absolute atomic E-state index is 0. The Bertz CT molecular complexity index is 515. The highest BCUT2D eigenvalue weighted by Gasteiger charge is 2.02. The molecule has 1 N–H and O–H groups in total. The van der Waals surface area contributed by atoms with Gasteiger partial charge in [-0.3, -0.25) is 4.90 Å². The number of hydrogen-bond donors (Lipinski definition) is 1. The smallest absolute Gasteiger partial charge is 0.328 e. The maximum atomic E-state index is 10.3. The topological polar surface area (TPSA) is 59.0 Å². The van der Waals surface area contributed by atoms with E-state index >= 15 is 0 Å². The summed E-state index contributed by atoms with van der Waals surface area (Å²) in [4.78, 5) is 12.5. The van der Waals surface area contributed by atoms with Crippen molar-refractivity contribution in [3.8, 4) is 11.5 Å². The standard InChI is InChI=1S/C11H12O4.C6H12Cl3N.ClH/c1-14-9-5-3-8(4-6-11(12)13)7-10(9)15-2;7-1-4-10(5-2-8)6-3-9;/h3-7H,1-2H3,(H,12,13);1-6H2;1H. The number of carbonyl (C=O) groups is 1. The molecule has 0 saturated carbocycles. The van der Waals surface area contributed by atoms with Crippen molar-refractivity contribution in [2.75, 3.05) is 51.5 Å². The molecule has 0 atom stereocenters. The highest BCUT2D eigenvalue weighted by Crippen LogP contribution is 2.27. The zero-order chi connectivity index (χ0) is 19.1. The van der Waals surface area contributed by atoms with Crippen LogP contribution in [-0.2, 0) is 4.79 Å². The molecule has 0 bridgehead atoms. The first-order valence-corrected chi connectivity index (χ1v) is 9.16. The molecule has 0 aliphatic carbocycles. The Hall–Kier alpha value is -0.850. The Labute approximate surface area is 176 Å². The molecular weight excluding hydrogens is 424 g/mol. The van der Waals surface area contributed by atoms with Crippen LogP contribution in [0.3, 0.4) is 0 Å². The van der Waals surface area contributed by atoms with Crippen LogP contribution < -0.4 is 9.47 Å². The number of alkyl halides is 3. The van der Waals surface area contributed by atoms with Crippen molar-refractivity contribution in [2.45, 2.75) is 0 Å². The molecule has 0 amide bonds. The quantitative estimate of drug-likeness (QED) is 0.428. The predicted octanol–water partition coefficient (Wildman–Crippen LogP) is 4.23. The number of ether oxygens (including phenoxy) is 2. The molecule has 0 fully saturated rings. The van der Waals surface area contributed by atoms with E-state index in [1.807, 2.05) is 0 Å². The second kappa shape index (κ2) is 17.6. The first-order chi connectivity index (χ1) is 12.0. The Balaban J connectivity index is 0. The van der Waals surface area contributed by atoms with Gasteiger partial charge in [0.15, 0.2) is 11.5 Å². The molecule has 0 saturated heterocycles. The largest absolute Gasteiger partial charge is 0.493 e. The third-order valence-corrected chi connectivity index (χ3v) is 3.54. The Morgan fingerprint density at radius 3 is 1.92 bits per heavy atom. The number of halogens is 4. The summed E-state index contributed by atoms with van der Waals surface area (Å²) < 4.78 is 10.1. The van der Waals surface area contributed by atoms with Gasteiger partial charge in [0.2, 0.25) is 0 Å². The third-order valence-electron chi connectivity index (χ3n) is 3.03. The lowest BCUT2D eigenvalue weighted by atomic mass is 10.2.